The van der Waals surface area contributed by atoms with Gasteiger partial charge in [-0.15, -0.1) is 0 Å². The van der Waals surface area contributed by atoms with Gasteiger partial charge in [0.15, 0.2) is 11.4 Å². The van der Waals surface area contributed by atoms with Crippen LogP contribution >= 0.6 is 0 Å². The zero-order valence-corrected chi connectivity index (χ0v) is 16.1. The van der Waals surface area contributed by atoms with E-state index in [0.29, 0.717) is 0 Å². The Kier molecular flexibility index (Phi) is 3.16. The van der Waals surface area contributed by atoms with Crippen LogP contribution in [0.5, 0.6) is 0 Å². The summed E-state index contributed by atoms with van der Waals surface area (Å²) in [5.41, 5.74) is 10.8. The smallest absolute Gasteiger partial charge is 0.181 e. The highest BCUT2D eigenvalue weighted by atomic mass is 15.2. The summed E-state index contributed by atoms with van der Waals surface area (Å²) >= 11 is 0. The predicted octanol–water partition coefficient (Wildman–Crippen LogP) is 4.72. The van der Waals surface area contributed by atoms with Crippen LogP contribution in [0.1, 0.15) is 34.6 Å². The summed E-state index contributed by atoms with van der Waals surface area (Å²) in [6.07, 6.45) is 0. The standard InChI is InChI=1S/C26H22N2/c1-17-9-7-15-23-19-11-3-5-13-21(19)25(27(17)23)26-22-14-6-4-12-20(22)24-16-8-10-18(2)28(24)26/h3-16,25-26H,1-2H3/q+2. The molecule has 0 spiro atoms. The lowest BCUT2D eigenvalue weighted by atomic mass is 9.92. The van der Waals surface area contributed by atoms with Gasteiger partial charge in [-0.1, -0.05) is 36.4 Å². The first-order chi connectivity index (χ1) is 13.8. The van der Waals surface area contributed by atoms with E-state index >= 15 is 0 Å². The summed E-state index contributed by atoms with van der Waals surface area (Å²) in [6.45, 7) is 4.46. The zero-order valence-electron chi connectivity index (χ0n) is 16.1. The fourth-order valence-corrected chi connectivity index (χ4v) is 5.31. The van der Waals surface area contributed by atoms with E-state index in [9.17, 15) is 0 Å². The maximum absolute atomic E-state index is 2.54. The number of aromatic nitrogens is 2. The molecule has 0 saturated heterocycles. The quantitative estimate of drug-likeness (QED) is 0.433. The van der Waals surface area contributed by atoms with Crippen LogP contribution in [0.25, 0.3) is 22.5 Å². The van der Waals surface area contributed by atoms with Gasteiger partial charge in [0.25, 0.3) is 12.1 Å². The SMILES string of the molecule is Cc1cccc2[n+]1C(C1c3ccccc3-c3cccc(C)[n+]31)c1ccccc1-2. The van der Waals surface area contributed by atoms with Gasteiger partial charge >= 0.3 is 0 Å². The average molecular weight is 362 g/mol. The van der Waals surface area contributed by atoms with Gasteiger partial charge < -0.3 is 0 Å². The van der Waals surface area contributed by atoms with Crippen LogP contribution < -0.4 is 9.13 Å². The molecule has 28 heavy (non-hydrogen) atoms. The van der Waals surface area contributed by atoms with Crippen molar-refractivity contribution in [3.05, 3.63) is 107 Å². The Morgan fingerprint density at radius 1 is 0.500 bits per heavy atom. The number of nitrogens with zero attached hydrogens (tertiary/aromatic N) is 2. The van der Waals surface area contributed by atoms with Crippen LogP contribution in [0.4, 0.5) is 0 Å². The van der Waals surface area contributed by atoms with Crippen molar-refractivity contribution in [1.29, 1.82) is 0 Å². The molecule has 0 saturated carbocycles. The van der Waals surface area contributed by atoms with Crippen LogP contribution in [0.15, 0.2) is 84.9 Å². The second-order valence-electron chi connectivity index (χ2n) is 7.91. The summed E-state index contributed by atoms with van der Waals surface area (Å²) in [5.74, 6) is 0. The Balaban J connectivity index is 1.71. The number of rotatable bonds is 1. The number of benzene rings is 2. The van der Waals surface area contributed by atoms with Gasteiger partial charge in [-0.3, -0.25) is 0 Å². The fourth-order valence-electron chi connectivity index (χ4n) is 5.31. The minimum atomic E-state index is 0.251. The molecule has 2 aromatic carbocycles. The number of hydrogen-bond acceptors (Lipinski definition) is 0. The average Bonchev–Trinajstić information content (AvgIpc) is 3.23. The molecule has 134 valence electrons. The van der Waals surface area contributed by atoms with Gasteiger partial charge in [0, 0.05) is 49.2 Å². The van der Waals surface area contributed by atoms with Crippen molar-refractivity contribution in [3.8, 4) is 22.5 Å². The molecule has 0 radical (unpaired) electrons. The van der Waals surface area contributed by atoms with Gasteiger partial charge in [0.1, 0.15) is 0 Å². The molecule has 2 heteroatoms. The van der Waals surface area contributed by atoms with Crippen molar-refractivity contribution in [3.63, 3.8) is 0 Å². The lowest BCUT2D eigenvalue weighted by Crippen LogP contribution is -2.53. The van der Waals surface area contributed by atoms with Crippen molar-refractivity contribution in [2.45, 2.75) is 25.9 Å². The third kappa shape index (κ3) is 1.92. The first kappa shape index (κ1) is 15.8. The first-order valence-electron chi connectivity index (χ1n) is 9.96. The van der Waals surface area contributed by atoms with Crippen molar-refractivity contribution < 1.29 is 9.13 Å². The Hall–Kier alpha value is -3.26. The van der Waals surface area contributed by atoms with E-state index in [-0.39, 0.29) is 12.1 Å². The summed E-state index contributed by atoms with van der Waals surface area (Å²) in [4.78, 5) is 0. The van der Waals surface area contributed by atoms with Crippen LogP contribution in [-0.2, 0) is 0 Å². The van der Waals surface area contributed by atoms with Gasteiger partial charge in [0.2, 0.25) is 11.4 Å². The topological polar surface area (TPSA) is 7.76 Å². The Morgan fingerprint density at radius 3 is 1.39 bits per heavy atom. The van der Waals surface area contributed by atoms with Gasteiger partial charge in [-0.05, 0) is 24.3 Å². The van der Waals surface area contributed by atoms with Gasteiger partial charge in [-0.25, -0.2) is 0 Å². The molecular formula is C26H22N2+2. The van der Waals surface area contributed by atoms with E-state index < -0.39 is 0 Å². The Bertz CT molecular complexity index is 1160. The highest BCUT2D eigenvalue weighted by Crippen LogP contribution is 2.45. The van der Waals surface area contributed by atoms with Crippen molar-refractivity contribution >= 4 is 0 Å². The van der Waals surface area contributed by atoms with Gasteiger partial charge in [0.05, 0.1) is 11.1 Å². The first-order valence-corrected chi connectivity index (χ1v) is 9.96. The van der Waals surface area contributed by atoms with Crippen molar-refractivity contribution in [2.24, 2.45) is 0 Å². The maximum atomic E-state index is 2.54. The number of fused-ring (bicyclic) bond motifs is 6. The number of pyridine rings is 2. The third-order valence-electron chi connectivity index (χ3n) is 6.43. The van der Waals surface area contributed by atoms with Crippen molar-refractivity contribution in [1.82, 2.24) is 0 Å². The molecule has 0 bridgehead atoms. The monoisotopic (exact) mass is 362 g/mol. The summed E-state index contributed by atoms with van der Waals surface area (Å²) < 4.78 is 5.08. The molecule has 0 amide bonds. The largest absolute Gasteiger partial charge is 0.250 e. The van der Waals surface area contributed by atoms with Crippen LogP contribution in [0.3, 0.4) is 0 Å². The Labute approximate surface area is 165 Å². The highest BCUT2D eigenvalue weighted by molar-refractivity contribution is 5.68. The van der Waals surface area contributed by atoms with Crippen LogP contribution in [0.2, 0.25) is 0 Å². The molecule has 2 atom stereocenters. The molecule has 4 aromatic rings. The minimum absolute atomic E-state index is 0.251. The third-order valence-corrected chi connectivity index (χ3v) is 6.43. The minimum Gasteiger partial charge on any atom is -0.181 e. The lowest BCUT2D eigenvalue weighted by Gasteiger charge is -2.16. The highest BCUT2D eigenvalue weighted by Gasteiger charge is 2.52. The molecule has 0 fully saturated rings. The molecule has 2 aliphatic heterocycles. The van der Waals surface area contributed by atoms with E-state index in [1.165, 1.54) is 45.0 Å². The molecule has 2 unspecified atom stereocenters. The number of aryl methyl sites for hydroxylation is 2. The van der Waals surface area contributed by atoms with Crippen LogP contribution in [0, 0.1) is 13.8 Å². The van der Waals surface area contributed by atoms with E-state index in [2.05, 4.69) is 108 Å². The molecule has 4 heterocycles. The Morgan fingerprint density at radius 2 is 0.929 bits per heavy atom. The normalized spacial score (nSPS) is 18.4. The van der Waals surface area contributed by atoms with Crippen molar-refractivity contribution in [2.75, 3.05) is 0 Å². The summed E-state index contributed by atoms with van der Waals surface area (Å²) in [5, 5.41) is 0. The molecule has 6 rings (SSSR count). The van der Waals surface area contributed by atoms with E-state index in [4.69, 9.17) is 0 Å². The van der Waals surface area contributed by atoms with Gasteiger partial charge in [-0.2, -0.15) is 9.13 Å². The molecular weight excluding hydrogens is 340 g/mol. The fraction of sp³-hybridized carbons (Fsp3) is 0.154. The second kappa shape index (κ2) is 5.62. The predicted molar refractivity (Wildman–Crippen MR) is 110 cm³/mol. The zero-order chi connectivity index (χ0) is 18.8. The van der Waals surface area contributed by atoms with E-state index in [0.717, 1.165) is 0 Å². The lowest BCUT2D eigenvalue weighted by molar-refractivity contribution is -0.792. The molecule has 2 aromatic heterocycles. The molecule has 2 aliphatic rings. The molecule has 0 N–H and O–H groups in total. The summed E-state index contributed by atoms with van der Waals surface area (Å²) in [7, 11) is 0. The molecule has 2 nitrogen and oxygen atoms in total. The number of hydrogen-bond donors (Lipinski definition) is 0. The second-order valence-corrected chi connectivity index (χ2v) is 7.91. The van der Waals surface area contributed by atoms with E-state index in [1.807, 2.05) is 0 Å². The maximum Gasteiger partial charge on any atom is 0.250 e. The van der Waals surface area contributed by atoms with Crippen LogP contribution in [-0.4, -0.2) is 0 Å². The summed E-state index contributed by atoms with van der Waals surface area (Å²) in [6, 6.07) is 31.7. The molecule has 0 aliphatic carbocycles. The van der Waals surface area contributed by atoms with E-state index in [1.54, 1.807) is 0 Å².